The highest BCUT2D eigenvalue weighted by molar-refractivity contribution is 5.22. The quantitative estimate of drug-likeness (QED) is 0.908. The van der Waals surface area contributed by atoms with Gasteiger partial charge in [0.05, 0.1) is 12.6 Å². The zero-order valence-corrected chi connectivity index (χ0v) is 14.2. The summed E-state index contributed by atoms with van der Waals surface area (Å²) in [6, 6.07) is 7.31. The summed E-state index contributed by atoms with van der Waals surface area (Å²) in [6.45, 7) is 1.31. The first-order valence-corrected chi connectivity index (χ1v) is 9.30. The summed E-state index contributed by atoms with van der Waals surface area (Å²) in [5.41, 5.74) is 1.05. The average molecular weight is 342 g/mol. The first kappa shape index (κ1) is 15.5. The Morgan fingerprint density at radius 2 is 1.84 bits per heavy atom. The Balaban J connectivity index is 1.41. The van der Waals surface area contributed by atoms with Gasteiger partial charge in [0.15, 0.2) is 0 Å². The van der Waals surface area contributed by atoms with Crippen LogP contribution in [0.25, 0.3) is 0 Å². The molecule has 5 rings (SSSR count). The summed E-state index contributed by atoms with van der Waals surface area (Å²) in [6.07, 6.45) is 5.22. The van der Waals surface area contributed by atoms with E-state index in [9.17, 15) is 9.50 Å². The highest BCUT2D eigenvalue weighted by atomic mass is 19.1. The van der Waals surface area contributed by atoms with E-state index in [-0.39, 0.29) is 18.0 Å². The van der Waals surface area contributed by atoms with Crippen LogP contribution in [0.3, 0.4) is 0 Å². The standard InChI is InChI=1S/C19H23FN4O/c20-14-5-3-12(4-6-14)17-9-16(25)10-23(17)11-18-21-22-19(13-1-2-13)24(18)15-7-8-15/h3-6,13,15-17,25H,1-2,7-11H2. The third kappa shape index (κ3) is 2.98. The molecule has 2 atom stereocenters. The molecular formula is C19H23FN4O. The predicted octanol–water partition coefficient (Wildman–Crippen LogP) is 2.94. The minimum atomic E-state index is -0.352. The van der Waals surface area contributed by atoms with E-state index in [0.29, 0.717) is 31.5 Å². The second-order valence-corrected chi connectivity index (χ2v) is 7.74. The molecule has 132 valence electrons. The van der Waals surface area contributed by atoms with Crippen molar-refractivity contribution in [2.75, 3.05) is 6.54 Å². The minimum Gasteiger partial charge on any atom is -0.392 e. The van der Waals surface area contributed by atoms with Gasteiger partial charge < -0.3 is 9.67 Å². The van der Waals surface area contributed by atoms with Crippen LogP contribution in [0.1, 0.15) is 67.3 Å². The van der Waals surface area contributed by atoms with Crippen molar-refractivity contribution in [3.8, 4) is 0 Å². The SMILES string of the molecule is OC1CC(c2ccc(F)cc2)N(Cc2nnc(C3CC3)n2C2CC2)C1. The highest BCUT2D eigenvalue weighted by Crippen LogP contribution is 2.45. The van der Waals surface area contributed by atoms with Gasteiger partial charge in [-0.2, -0.15) is 0 Å². The van der Waals surface area contributed by atoms with Crippen molar-refractivity contribution in [1.82, 2.24) is 19.7 Å². The van der Waals surface area contributed by atoms with Gasteiger partial charge in [0.1, 0.15) is 17.5 Å². The van der Waals surface area contributed by atoms with Crippen molar-refractivity contribution < 1.29 is 9.50 Å². The van der Waals surface area contributed by atoms with Gasteiger partial charge in [-0.3, -0.25) is 4.90 Å². The summed E-state index contributed by atoms with van der Waals surface area (Å²) < 4.78 is 15.6. The lowest BCUT2D eigenvalue weighted by atomic mass is 10.0. The lowest BCUT2D eigenvalue weighted by molar-refractivity contribution is 0.170. The van der Waals surface area contributed by atoms with Crippen LogP contribution >= 0.6 is 0 Å². The Morgan fingerprint density at radius 3 is 2.52 bits per heavy atom. The van der Waals surface area contributed by atoms with Gasteiger partial charge >= 0.3 is 0 Å². The maximum Gasteiger partial charge on any atom is 0.147 e. The molecule has 1 saturated heterocycles. The van der Waals surface area contributed by atoms with E-state index >= 15 is 0 Å². The van der Waals surface area contributed by atoms with Crippen LogP contribution in [0.15, 0.2) is 24.3 Å². The molecule has 6 heteroatoms. The van der Waals surface area contributed by atoms with E-state index in [1.165, 1.54) is 37.8 Å². The maximum absolute atomic E-state index is 13.2. The monoisotopic (exact) mass is 342 g/mol. The fourth-order valence-electron chi connectivity index (χ4n) is 4.06. The molecule has 2 saturated carbocycles. The fourth-order valence-corrected chi connectivity index (χ4v) is 4.06. The number of hydrogen-bond acceptors (Lipinski definition) is 4. The molecule has 1 aromatic heterocycles. The number of rotatable bonds is 5. The van der Waals surface area contributed by atoms with Crippen LogP contribution < -0.4 is 0 Å². The second-order valence-electron chi connectivity index (χ2n) is 7.74. The van der Waals surface area contributed by atoms with Crippen LogP contribution in [-0.2, 0) is 6.54 Å². The third-order valence-electron chi connectivity index (χ3n) is 5.63. The molecule has 0 bridgehead atoms. The molecule has 5 nitrogen and oxygen atoms in total. The van der Waals surface area contributed by atoms with Crippen LogP contribution in [0.2, 0.25) is 0 Å². The molecule has 0 spiro atoms. The molecule has 1 aliphatic heterocycles. The van der Waals surface area contributed by atoms with E-state index in [4.69, 9.17) is 0 Å². The number of nitrogens with zero attached hydrogens (tertiary/aromatic N) is 4. The molecule has 0 amide bonds. The van der Waals surface area contributed by atoms with Crippen LogP contribution in [0.4, 0.5) is 4.39 Å². The van der Waals surface area contributed by atoms with E-state index < -0.39 is 0 Å². The minimum absolute atomic E-state index is 0.101. The zero-order valence-electron chi connectivity index (χ0n) is 14.2. The highest BCUT2D eigenvalue weighted by Gasteiger charge is 2.38. The van der Waals surface area contributed by atoms with Gasteiger partial charge in [-0.15, -0.1) is 10.2 Å². The van der Waals surface area contributed by atoms with E-state index in [0.717, 1.165) is 17.2 Å². The van der Waals surface area contributed by atoms with E-state index in [1.807, 2.05) is 12.1 Å². The summed E-state index contributed by atoms with van der Waals surface area (Å²) in [7, 11) is 0. The molecule has 2 unspecified atom stereocenters. The first-order valence-electron chi connectivity index (χ1n) is 9.30. The Labute approximate surface area is 146 Å². The number of aromatic nitrogens is 3. The molecule has 2 heterocycles. The van der Waals surface area contributed by atoms with Gasteiger partial charge in [-0.1, -0.05) is 12.1 Å². The predicted molar refractivity (Wildman–Crippen MR) is 90.4 cm³/mol. The third-order valence-corrected chi connectivity index (χ3v) is 5.63. The maximum atomic E-state index is 13.2. The smallest absolute Gasteiger partial charge is 0.147 e. The Bertz CT molecular complexity index is 766. The normalized spacial score (nSPS) is 27.1. The summed E-state index contributed by atoms with van der Waals surface area (Å²) in [5, 5.41) is 19.2. The molecule has 0 radical (unpaired) electrons. The topological polar surface area (TPSA) is 54.2 Å². The summed E-state index contributed by atoms with van der Waals surface area (Å²) >= 11 is 0. The van der Waals surface area contributed by atoms with Crippen molar-refractivity contribution in [3.63, 3.8) is 0 Å². The van der Waals surface area contributed by atoms with E-state index in [2.05, 4.69) is 19.7 Å². The summed E-state index contributed by atoms with van der Waals surface area (Å²) in [4.78, 5) is 2.26. The molecule has 1 aromatic carbocycles. The molecule has 1 N–H and O–H groups in total. The van der Waals surface area contributed by atoms with Crippen molar-refractivity contribution in [3.05, 3.63) is 47.3 Å². The number of aliphatic hydroxyl groups is 1. The van der Waals surface area contributed by atoms with Crippen molar-refractivity contribution in [2.45, 2.75) is 62.8 Å². The van der Waals surface area contributed by atoms with Gasteiger partial charge in [0, 0.05) is 24.5 Å². The molecule has 3 fully saturated rings. The van der Waals surface area contributed by atoms with Crippen molar-refractivity contribution in [1.29, 1.82) is 0 Å². The Kier molecular flexibility index (Phi) is 3.64. The Hall–Kier alpha value is -1.79. The van der Waals surface area contributed by atoms with Crippen molar-refractivity contribution >= 4 is 0 Å². The number of halogens is 1. The van der Waals surface area contributed by atoms with Gasteiger partial charge in [-0.25, -0.2) is 4.39 Å². The van der Waals surface area contributed by atoms with Gasteiger partial charge in [0.2, 0.25) is 0 Å². The molecular weight excluding hydrogens is 319 g/mol. The van der Waals surface area contributed by atoms with Crippen LogP contribution in [-0.4, -0.2) is 37.4 Å². The lowest BCUT2D eigenvalue weighted by Crippen LogP contribution is -2.26. The molecule has 2 aliphatic carbocycles. The lowest BCUT2D eigenvalue weighted by Gasteiger charge is -2.24. The van der Waals surface area contributed by atoms with E-state index in [1.54, 1.807) is 0 Å². The number of benzene rings is 1. The number of hydrogen-bond donors (Lipinski definition) is 1. The second kappa shape index (κ2) is 5.88. The number of likely N-dealkylation sites (tertiary alicyclic amines) is 1. The fraction of sp³-hybridized carbons (Fsp3) is 0.579. The molecule has 2 aromatic rings. The largest absolute Gasteiger partial charge is 0.392 e. The Morgan fingerprint density at radius 1 is 1.08 bits per heavy atom. The van der Waals surface area contributed by atoms with Gasteiger partial charge in [0.25, 0.3) is 0 Å². The number of aliphatic hydroxyl groups excluding tert-OH is 1. The first-order chi connectivity index (χ1) is 12.2. The zero-order chi connectivity index (χ0) is 17.0. The van der Waals surface area contributed by atoms with Crippen LogP contribution in [0.5, 0.6) is 0 Å². The molecule has 3 aliphatic rings. The summed E-state index contributed by atoms with van der Waals surface area (Å²) in [5.74, 6) is 2.55. The number of β-amino-alcohol motifs (C(OH)–C–C–N with tert-alkyl or cyclic N) is 1. The van der Waals surface area contributed by atoms with Crippen LogP contribution in [0, 0.1) is 5.82 Å². The molecule has 25 heavy (non-hydrogen) atoms. The van der Waals surface area contributed by atoms with Gasteiger partial charge in [-0.05, 0) is 49.8 Å². The average Bonchev–Trinajstić information content (AvgIpc) is 3.53. The van der Waals surface area contributed by atoms with Crippen molar-refractivity contribution in [2.24, 2.45) is 0 Å².